The van der Waals surface area contributed by atoms with Gasteiger partial charge in [0.1, 0.15) is 25.1 Å². The predicted octanol–water partition coefficient (Wildman–Crippen LogP) is 5.59. The van der Waals surface area contributed by atoms with E-state index in [0.29, 0.717) is 77.0 Å². The van der Waals surface area contributed by atoms with Gasteiger partial charge in [-0.25, -0.2) is 4.79 Å². The maximum Gasteiger partial charge on any atom is 0.343 e. The van der Waals surface area contributed by atoms with Crippen LogP contribution in [-0.2, 0) is 54.1 Å². The van der Waals surface area contributed by atoms with Crippen molar-refractivity contribution in [2.75, 3.05) is 59.5 Å². The van der Waals surface area contributed by atoms with Gasteiger partial charge in [0.05, 0.1) is 65.0 Å². The fourth-order valence-corrected chi connectivity index (χ4v) is 6.64. The van der Waals surface area contributed by atoms with Crippen molar-refractivity contribution in [3.05, 3.63) is 76.0 Å². The summed E-state index contributed by atoms with van der Waals surface area (Å²) in [6, 6.07) is 13.6. The van der Waals surface area contributed by atoms with Gasteiger partial charge in [-0.1, -0.05) is 68.8 Å². The Labute approximate surface area is 308 Å². The van der Waals surface area contributed by atoms with Crippen LogP contribution < -0.4 is 5.32 Å². The molecule has 0 bridgehead atoms. The molecule has 1 atom stereocenters. The minimum absolute atomic E-state index is 0.0405. The third-order valence-corrected chi connectivity index (χ3v) is 9.34. The summed E-state index contributed by atoms with van der Waals surface area (Å²) in [4.78, 5) is 36.7. The van der Waals surface area contributed by atoms with Crippen molar-refractivity contribution in [3.63, 3.8) is 0 Å². The van der Waals surface area contributed by atoms with Crippen LogP contribution in [0.4, 0.5) is 0 Å². The molecule has 0 saturated heterocycles. The maximum absolute atomic E-state index is 13.6. The number of nitrogens with one attached hydrogen (secondary N) is 1. The summed E-state index contributed by atoms with van der Waals surface area (Å²) in [5, 5.41) is 2.66. The lowest BCUT2D eigenvalue weighted by Crippen LogP contribution is -2.46. The fraction of sp³-hybridized carbons (Fsp3) is 0.585. The van der Waals surface area contributed by atoms with Crippen molar-refractivity contribution < 1.29 is 47.5 Å². The van der Waals surface area contributed by atoms with Crippen molar-refractivity contribution in [3.8, 4) is 0 Å². The zero-order chi connectivity index (χ0) is 37.6. The van der Waals surface area contributed by atoms with Gasteiger partial charge in [-0.15, -0.1) is 0 Å². The molecule has 0 radical (unpaired) electrons. The van der Waals surface area contributed by atoms with E-state index < -0.39 is 11.6 Å². The number of rotatable bonds is 21. The molecule has 1 saturated carbocycles. The lowest BCUT2D eigenvalue weighted by atomic mass is 9.80. The van der Waals surface area contributed by atoms with Gasteiger partial charge < -0.3 is 43.3 Å². The fourth-order valence-electron chi connectivity index (χ4n) is 6.64. The number of aldehydes is 1. The average Bonchev–Trinajstić information content (AvgIpc) is 3.36. The smallest absolute Gasteiger partial charge is 0.343 e. The van der Waals surface area contributed by atoms with E-state index >= 15 is 0 Å². The van der Waals surface area contributed by atoms with E-state index in [-0.39, 0.29) is 36.6 Å². The third-order valence-electron chi connectivity index (χ3n) is 9.34. The largest absolute Gasteiger partial charge is 0.488 e. The number of carbonyl (C=O) groups excluding carboxylic acids is 3. The highest BCUT2D eigenvalue weighted by Gasteiger charge is 2.52. The number of hydrogen-bond donors (Lipinski definition) is 1. The van der Waals surface area contributed by atoms with Gasteiger partial charge in [-0.2, -0.15) is 0 Å². The van der Waals surface area contributed by atoms with Gasteiger partial charge in [0.15, 0.2) is 11.4 Å². The van der Waals surface area contributed by atoms with Gasteiger partial charge in [0, 0.05) is 0 Å². The van der Waals surface area contributed by atoms with E-state index in [1.807, 2.05) is 65.0 Å². The average molecular weight is 724 g/mol. The Kier molecular flexibility index (Phi) is 15.8. The van der Waals surface area contributed by atoms with Crippen LogP contribution in [0, 0.1) is 26.2 Å². The Bertz CT molecular complexity index is 1470. The highest BCUT2D eigenvalue weighted by Crippen LogP contribution is 2.48. The number of ether oxygens (including phenoxy) is 7. The standard InChI is InChI=1S/C41H57NO10/c1-29-24-30(2)36(31(3)25-29)37-38(51-27-32-10-8-7-9-11-32)41(52-39(37)45)14-12-33(13-15-41)50-23-22-48-19-18-46-16-17-47-20-21-49-28-35(44)42-34(26-43)40(4,5)6/h7-11,24-26,33-34H,12-23,27-28H2,1-6H3,(H,42,44)/t33-,34?,41+. The van der Waals surface area contributed by atoms with Crippen LogP contribution in [0.2, 0.25) is 0 Å². The molecule has 1 N–H and O–H groups in total. The Morgan fingerprint density at radius 2 is 1.44 bits per heavy atom. The Morgan fingerprint density at radius 1 is 0.885 bits per heavy atom. The van der Waals surface area contributed by atoms with Crippen LogP contribution in [0.1, 0.15) is 74.3 Å². The molecule has 0 aromatic heterocycles. The van der Waals surface area contributed by atoms with Gasteiger partial charge in [-0.05, 0) is 74.1 Å². The molecule has 11 heteroatoms. The maximum atomic E-state index is 13.6. The van der Waals surface area contributed by atoms with Gasteiger partial charge in [0.25, 0.3) is 0 Å². The molecule has 1 spiro atoms. The van der Waals surface area contributed by atoms with E-state index in [1.54, 1.807) is 0 Å². The molecule has 2 aliphatic rings. The Hall–Kier alpha value is -3.61. The molecular weight excluding hydrogens is 666 g/mol. The zero-order valence-corrected chi connectivity index (χ0v) is 31.8. The number of amides is 1. The quantitative estimate of drug-likeness (QED) is 0.0990. The molecule has 11 nitrogen and oxygen atoms in total. The first-order valence-electron chi connectivity index (χ1n) is 18.3. The molecule has 1 unspecified atom stereocenters. The van der Waals surface area contributed by atoms with Crippen LogP contribution in [0.5, 0.6) is 0 Å². The van der Waals surface area contributed by atoms with Crippen LogP contribution in [0.3, 0.4) is 0 Å². The van der Waals surface area contributed by atoms with Crippen molar-refractivity contribution in [1.82, 2.24) is 5.32 Å². The second-order valence-electron chi connectivity index (χ2n) is 14.6. The minimum atomic E-state index is -0.806. The number of aryl methyl sites for hydroxylation is 3. The Morgan fingerprint density at radius 3 is 2.00 bits per heavy atom. The second kappa shape index (κ2) is 20.0. The number of esters is 1. The first-order chi connectivity index (χ1) is 24.9. The summed E-state index contributed by atoms with van der Waals surface area (Å²) in [6.07, 6.45) is 3.51. The molecular formula is C41H57NO10. The molecule has 1 fully saturated rings. The number of hydrogen-bond acceptors (Lipinski definition) is 10. The van der Waals surface area contributed by atoms with Crippen LogP contribution in [-0.4, -0.2) is 95.4 Å². The predicted molar refractivity (Wildman–Crippen MR) is 197 cm³/mol. The zero-order valence-electron chi connectivity index (χ0n) is 31.8. The molecule has 1 amide bonds. The SMILES string of the molecule is Cc1cc(C)c(C2=C(OCc3ccccc3)[C@]3(CC[C@H](OCCOCCOCCOCCOCC(=O)NC(C=O)C(C)(C)C)CC3)OC2=O)c(C)c1. The van der Waals surface area contributed by atoms with Crippen LogP contribution in [0.25, 0.3) is 5.57 Å². The normalized spacial score (nSPS) is 19.5. The number of benzene rings is 2. The third kappa shape index (κ3) is 12.0. The lowest BCUT2D eigenvalue weighted by Gasteiger charge is -2.37. The summed E-state index contributed by atoms with van der Waals surface area (Å²) in [6.45, 7) is 15.2. The van der Waals surface area contributed by atoms with E-state index in [0.717, 1.165) is 46.9 Å². The van der Waals surface area contributed by atoms with Gasteiger partial charge in [0.2, 0.25) is 5.91 Å². The summed E-state index contributed by atoms with van der Waals surface area (Å²) in [5.41, 5.74) is 4.53. The summed E-state index contributed by atoms with van der Waals surface area (Å²) < 4.78 is 40.9. The first kappa shape index (κ1) is 41.2. The summed E-state index contributed by atoms with van der Waals surface area (Å²) in [5.74, 6) is -0.0156. The summed E-state index contributed by atoms with van der Waals surface area (Å²) >= 11 is 0. The van der Waals surface area contributed by atoms with Crippen LogP contribution >= 0.6 is 0 Å². The van der Waals surface area contributed by atoms with Crippen LogP contribution in [0.15, 0.2) is 48.2 Å². The van der Waals surface area contributed by atoms with Crippen molar-refractivity contribution in [2.45, 2.75) is 91.6 Å². The molecule has 2 aromatic carbocycles. The van der Waals surface area contributed by atoms with Crippen molar-refractivity contribution >= 4 is 23.7 Å². The molecule has 1 aliphatic heterocycles. The second-order valence-corrected chi connectivity index (χ2v) is 14.6. The van der Waals surface area contributed by atoms with E-state index in [9.17, 15) is 14.4 Å². The van der Waals surface area contributed by atoms with Gasteiger partial charge >= 0.3 is 5.97 Å². The van der Waals surface area contributed by atoms with E-state index in [1.165, 1.54) is 0 Å². The lowest BCUT2D eigenvalue weighted by molar-refractivity contribution is -0.154. The minimum Gasteiger partial charge on any atom is -0.488 e. The number of carbonyl (C=O) groups is 3. The highest BCUT2D eigenvalue weighted by atomic mass is 16.6. The van der Waals surface area contributed by atoms with E-state index in [2.05, 4.69) is 24.4 Å². The first-order valence-corrected chi connectivity index (χ1v) is 18.3. The van der Waals surface area contributed by atoms with Crippen molar-refractivity contribution in [1.29, 1.82) is 0 Å². The molecule has 1 heterocycles. The molecule has 52 heavy (non-hydrogen) atoms. The molecule has 2 aromatic rings. The molecule has 286 valence electrons. The molecule has 1 aliphatic carbocycles. The van der Waals surface area contributed by atoms with Crippen molar-refractivity contribution in [2.24, 2.45) is 5.41 Å². The monoisotopic (exact) mass is 723 g/mol. The van der Waals surface area contributed by atoms with Gasteiger partial charge in [-0.3, -0.25) is 4.79 Å². The topological polar surface area (TPSA) is 128 Å². The van der Waals surface area contributed by atoms with E-state index in [4.69, 9.17) is 33.2 Å². The summed E-state index contributed by atoms with van der Waals surface area (Å²) in [7, 11) is 0. The Balaban J connectivity index is 1.11. The highest BCUT2D eigenvalue weighted by molar-refractivity contribution is 6.20. The molecule has 4 rings (SSSR count).